The molecule has 10 heteroatoms. The van der Waals surface area contributed by atoms with Gasteiger partial charge in [-0.15, -0.1) is 0 Å². The quantitative estimate of drug-likeness (QED) is 0.255. The number of hydrogen-bond acceptors (Lipinski definition) is 4. The molecule has 0 spiro atoms. The molecule has 0 aliphatic carbocycles. The fourth-order valence-corrected chi connectivity index (χ4v) is 6.47. The van der Waals surface area contributed by atoms with Crippen molar-refractivity contribution in [2.75, 3.05) is 17.4 Å². The van der Waals surface area contributed by atoms with Crippen LogP contribution in [0.2, 0.25) is 10.0 Å². The van der Waals surface area contributed by atoms with Gasteiger partial charge in [-0.3, -0.25) is 13.9 Å². The van der Waals surface area contributed by atoms with E-state index >= 15 is 0 Å². The second kappa shape index (κ2) is 14.2. The largest absolute Gasteiger partial charge is 0.354 e. The molecule has 0 unspecified atom stereocenters. The third-order valence-electron chi connectivity index (χ3n) is 6.57. The monoisotopic (exact) mass is 617 g/mol. The Morgan fingerprint density at radius 2 is 1.49 bits per heavy atom. The zero-order valence-electron chi connectivity index (χ0n) is 24.0. The van der Waals surface area contributed by atoms with E-state index in [1.165, 1.54) is 17.0 Å². The summed E-state index contributed by atoms with van der Waals surface area (Å²) in [6.45, 7) is 9.31. The average Bonchev–Trinajstić information content (AvgIpc) is 2.91. The van der Waals surface area contributed by atoms with Crippen molar-refractivity contribution in [1.82, 2.24) is 10.2 Å². The maximum absolute atomic E-state index is 14.2. The number of carbonyl (C=O) groups excluding carboxylic acids is 2. The highest BCUT2D eigenvalue weighted by atomic mass is 35.5. The van der Waals surface area contributed by atoms with Crippen LogP contribution in [0.1, 0.15) is 43.9 Å². The molecule has 1 N–H and O–H groups in total. The van der Waals surface area contributed by atoms with E-state index in [1.807, 2.05) is 33.8 Å². The van der Waals surface area contributed by atoms with Gasteiger partial charge < -0.3 is 10.2 Å². The molecular weight excluding hydrogens is 581 g/mol. The van der Waals surface area contributed by atoms with E-state index in [0.717, 1.165) is 15.4 Å². The Labute approximate surface area is 253 Å². The number of benzene rings is 3. The van der Waals surface area contributed by atoms with Crippen LogP contribution in [0.4, 0.5) is 5.69 Å². The van der Waals surface area contributed by atoms with Gasteiger partial charge in [-0.2, -0.15) is 0 Å². The number of sulfonamides is 1. The van der Waals surface area contributed by atoms with Gasteiger partial charge in [-0.25, -0.2) is 8.42 Å². The van der Waals surface area contributed by atoms with Crippen LogP contribution in [0.5, 0.6) is 0 Å². The van der Waals surface area contributed by atoms with Gasteiger partial charge in [-0.1, -0.05) is 74.3 Å². The molecule has 0 heterocycles. The molecule has 220 valence electrons. The fraction of sp³-hybridized carbons (Fsp3) is 0.355. The van der Waals surface area contributed by atoms with Crippen molar-refractivity contribution >= 4 is 50.7 Å². The maximum Gasteiger partial charge on any atom is 0.264 e. The number of rotatable bonds is 12. The van der Waals surface area contributed by atoms with E-state index in [9.17, 15) is 18.0 Å². The summed E-state index contributed by atoms with van der Waals surface area (Å²) in [5, 5.41) is 3.60. The molecule has 1 atom stereocenters. The number of halogens is 2. The Morgan fingerprint density at radius 1 is 0.902 bits per heavy atom. The minimum atomic E-state index is -4.15. The van der Waals surface area contributed by atoms with E-state index in [2.05, 4.69) is 5.32 Å². The Balaban J connectivity index is 2.11. The van der Waals surface area contributed by atoms with Gasteiger partial charge in [0.2, 0.25) is 11.8 Å². The van der Waals surface area contributed by atoms with Crippen molar-refractivity contribution in [3.8, 4) is 0 Å². The lowest BCUT2D eigenvalue weighted by atomic mass is 10.1. The van der Waals surface area contributed by atoms with Crippen LogP contribution < -0.4 is 9.62 Å². The summed E-state index contributed by atoms with van der Waals surface area (Å²) in [5.41, 5.74) is 2.52. The predicted molar refractivity (Wildman–Crippen MR) is 166 cm³/mol. The third-order valence-corrected chi connectivity index (χ3v) is 9.06. The van der Waals surface area contributed by atoms with Crippen LogP contribution in [0.15, 0.2) is 71.6 Å². The third kappa shape index (κ3) is 8.24. The number of amides is 2. The summed E-state index contributed by atoms with van der Waals surface area (Å²) in [7, 11) is -4.15. The van der Waals surface area contributed by atoms with Crippen molar-refractivity contribution in [3.05, 3.63) is 93.5 Å². The Morgan fingerprint density at radius 3 is 2.02 bits per heavy atom. The molecule has 0 bridgehead atoms. The Kier molecular flexibility index (Phi) is 11.2. The van der Waals surface area contributed by atoms with E-state index in [4.69, 9.17) is 23.2 Å². The van der Waals surface area contributed by atoms with Crippen LogP contribution in [0, 0.1) is 19.8 Å². The van der Waals surface area contributed by atoms with Crippen LogP contribution >= 0.6 is 23.2 Å². The van der Waals surface area contributed by atoms with E-state index in [0.29, 0.717) is 34.3 Å². The maximum atomic E-state index is 14.2. The average molecular weight is 619 g/mol. The van der Waals surface area contributed by atoms with Crippen molar-refractivity contribution in [2.24, 2.45) is 5.92 Å². The molecule has 3 aromatic carbocycles. The lowest BCUT2D eigenvalue weighted by Crippen LogP contribution is -2.52. The van der Waals surface area contributed by atoms with Gasteiger partial charge >= 0.3 is 0 Å². The molecule has 0 aliphatic rings. The minimum absolute atomic E-state index is 0.0503. The van der Waals surface area contributed by atoms with Crippen LogP contribution in [-0.4, -0.2) is 44.3 Å². The van der Waals surface area contributed by atoms with Crippen molar-refractivity contribution in [3.63, 3.8) is 0 Å². The molecule has 3 rings (SSSR count). The summed E-state index contributed by atoms with van der Waals surface area (Å²) in [4.78, 5) is 29.0. The van der Waals surface area contributed by atoms with E-state index in [-0.39, 0.29) is 23.3 Å². The molecule has 41 heavy (non-hydrogen) atoms. The van der Waals surface area contributed by atoms with Gasteiger partial charge in [0, 0.05) is 28.7 Å². The number of aryl methyl sites for hydroxylation is 2. The molecular formula is C31H37Cl2N3O4S. The molecule has 0 aliphatic heterocycles. The van der Waals surface area contributed by atoms with Gasteiger partial charge in [0.1, 0.15) is 12.6 Å². The molecule has 0 radical (unpaired) electrons. The molecule has 0 saturated heterocycles. The lowest BCUT2D eigenvalue weighted by molar-refractivity contribution is -0.140. The van der Waals surface area contributed by atoms with Crippen molar-refractivity contribution < 1.29 is 18.0 Å². The highest BCUT2D eigenvalue weighted by Crippen LogP contribution is 2.29. The second-order valence-corrected chi connectivity index (χ2v) is 13.1. The van der Waals surface area contributed by atoms with E-state index < -0.39 is 28.5 Å². The first-order chi connectivity index (χ1) is 19.3. The molecule has 0 fully saturated rings. The first-order valence-corrected chi connectivity index (χ1v) is 15.7. The normalized spacial score (nSPS) is 12.2. The van der Waals surface area contributed by atoms with Crippen LogP contribution in [0.3, 0.4) is 0 Å². The number of nitrogens with one attached hydrogen (secondary N) is 1. The number of anilines is 1. The first-order valence-electron chi connectivity index (χ1n) is 13.5. The standard InChI is InChI=1S/C31H37Cl2N3O4S/c1-6-29(31(38)34-18-21(2)3)35(19-26-27(32)13-10-14-28(26)33)30(37)20-36(24-16-22(4)15-23(5)17-24)41(39,40)25-11-8-7-9-12-25/h7-17,21,29H,6,18-20H2,1-5H3,(H,34,38)/t29-/m1/s1. The number of nitrogens with zero attached hydrogens (tertiary/aromatic N) is 2. The Hall–Kier alpha value is -3.07. The van der Waals surface area contributed by atoms with Crippen molar-refractivity contribution in [2.45, 2.75) is 58.5 Å². The number of hydrogen-bond donors (Lipinski definition) is 1. The molecule has 2 amide bonds. The van der Waals surface area contributed by atoms with E-state index in [1.54, 1.807) is 55.5 Å². The summed E-state index contributed by atoms with van der Waals surface area (Å²) >= 11 is 12.9. The van der Waals surface area contributed by atoms with Crippen LogP contribution in [0.25, 0.3) is 0 Å². The molecule has 0 saturated carbocycles. The summed E-state index contributed by atoms with van der Waals surface area (Å²) < 4.78 is 29.0. The van der Waals surface area contributed by atoms with Crippen LogP contribution in [-0.2, 0) is 26.2 Å². The summed E-state index contributed by atoms with van der Waals surface area (Å²) in [6.07, 6.45) is 0.298. The highest BCUT2D eigenvalue weighted by Gasteiger charge is 2.34. The molecule has 3 aromatic rings. The zero-order chi connectivity index (χ0) is 30.3. The highest BCUT2D eigenvalue weighted by molar-refractivity contribution is 7.92. The SMILES string of the molecule is CC[C@H](C(=O)NCC(C)C)N(Cc1c(Cl)cccc1Cl)C(=O)CN(c1cc(C)cc(C)c1)S(=O)(=O)c1ccccc1. The zero-order valence-corrected chi connectivity index (χ0v) is 26.4. The summed E-state index contributed by atoms with van der Waals surface area (Å²) in [5.74, 6) is -0.692. The topological polar surface area (TPSA) is 86.8 Å². The first kappa shape index (κ1) is 32.4. The molecule has 7 nitrogen and oxygen atoms in total. The van der Waals surface area contributed by atoms with Gasteiger partial charge in [0.25, 0.3) is 10.0 Å². The summed E-state index contributed by atoms with van der Waals surface area (Å²) in [6, 6.07) is 17.5. The van der Waals surface area contributed by atoms with Crippen molar-refractivity contribution in [1.29, 1.82) is 0 Å². The lowest BCUT2D eigenvalue weighted by Gasteiger charge is -2.34. The van der Waals surface area contributed by atoms with Gasteiger partial charge in [0.05, 0.1) is 10.6 Å². The smallest absolute Gasteiger partial charge is 0.264 e. The van der Waals surface area contributed by atoms with Gasteiger partial charge in [0.15, 0.2) is 0 Å². The molecule has 0 aromatic heterocycles. The number of carbonyl (C=O) groups is 2. The minimum Gasteiger partial charge on any atom is -0.354 e. The Bertz CT molecular complexity index is 1440. The van der Waals surface area contributed by atoms with Gasteiger partial charge in [-0.05, 0) is 73.7 Å². The predicted octanol–water partition coefficient (Wildman–Crippen LogP) is 6.39. The fourth-order valence-electron chi connectivity index (χ4n) is 4.54. The second-order valence-electron chi connectivity index (χ2n) is 10.5.